The van der Waals surface area contributed by atoms with Crippen LogP contribution in [-0.4, -0.2) is 5.97 Å². The molecule has 2 aromatic rings. The molecular formula is C15H11NO3. The number of esters is 1. The first kappa shape index (κ1) is 12.7. The number of rotatable bonds is 4. The lowest BCUT2D eigenvalue weighted by molar-refractivity contribution is -0.139. The van der Waals surface area contributed by atoms with Gasteiger partial charge in [-0.1, -0.05) is 30.3 Å². The summed E-state index contributed by atoms with van der Waals surface area (Å²) >= 11 is 0. The van der Waals surface area contributed by atoms with Crippen molar-refractivity contribution in [3.05, 3.63) is 65.6 Å². The van der Waals surface area contributed by atoms with Gasteiger partial charge in [0.05, 0.1) is 6.26 Å². The Morgan fingerprint density at radius 2 is 2.05 bits per heavy atom. The zero-order valence-electron chi connectivity index (χ0n) is 10.1. The molecule has 1 heterocycles. The van der Waals surface area contributed by atoms with Crippen LogP contribution in [0.25, 0.3) is 6.08 Å². The van der Waals surface area contributed by atoms with Gasteiger partial charge in [0.15, 0.2) is 0 Å². The average molecular weight is 253 g/mol. The first-order chi connectivity index (χ1) is 9.29. The van der Waals surface area contributed by atoms with Crippen molar-refractivity contribution >= 4 is 12.0 Å². The molecular weight excluding hydrogens is 242 g/mol. The summed E-state index contributed by atoms with van der Waals surface area (Å²) in [5.74, 6) is -0.226. The monoisotopic (exact) mass is 253 g/mol. The molecule has 0 unspecified atom stereocenters. The number of hydrogen-bond acceptors (Lipinski definition) is 4. The Morgan fingerprint density at radius 1 is 1.26 bits per heavy atom. The fourth-order valence-corrected chi connectivity index (χ4v) is 1.45. The largest absolute Gasteiger partial charge is 0.465 e. The second-order valence-electron chi connectivity index (χ2n) is 3.75. The van der Waals surface area contributed by atoms with Gasteiger partial charge >= 0.3 is 5.97 Å². The SMILES string of the molecule is N#C/C(=C\c1ccco1)C(=O)OCc1ccccc1. The third-order valence-electron chi connectivity index (χ3n) is 2.38. The van der Waals surface area contributed by atoms with E-state index in [4.69, 9.17) is 14.4 Å². The van der Waals surface area contributed by atoms with Crippen LogP contribution in [-0.2, 0) is 16.1 Å². The van der Waals surface area contributed by atoms with Gasteiger partial charge in [0.25, 0.3) is 0 Å². The van der Waals surface area contributed by atoms with E-state index in [1.54, 1.807) is 18.2 Å². The van der Waals surface area contributed by atoms with Crippen LogP contribution in [0, 0.1) is 11.3 Å². The summed E-state index contributed by atoms with van der Waals surface area (Å²) in [5.41, 5.74) is 0.775. The maximum Gasteiger partial charge on any atom is 0.349 e. The maximum absolute atomic E-state index is 11.7. The van der Waals surface area contributed by atoms with Gasteiger partial charge in [0.2, 0.25) is 0 Å². The van der Waals surface area contributed by atoms with E-state index in [-0.39, 0.29) is 12.2 Å². The highest BCUT2D eigenvalue weighted by atomic mass is 16.5. The van der Waals surface area contributed by atoms with Crippen molar-refractivity contribution in [1.29, 1.82) is 5.26 Å². The van der Waals surface area contributed by atoms with Crippen molar-refractivity contribution in [2.24, 2.45) is 0 Å². The van der Waals surface area contributed by atoms with E-state index in [2.05, 4.69) is 0 Å². The lowest BCUT2D eigenvalue weighted by Crippen LogP contribution is -2.06. The van der Waals surface area contributed by atoms with Crippen LogP contribution in [0.15, 0.2) is 58.7 Å². The Balaban J connectivity index is 2.01. The minimum absolute atomic E-state index is 0.0918. The normalized spacial score (nSPS) is 10.8. The van der Waals surface area contributed by atoms with E-state index in [9.17, 15) is 4.79 Å². The molecule has 0 spiro atoms. The smallest absolute Gasteiger partial charge is 0.349 e. The lowest BCUT2D eigenvalue weighted by Gasteiger charge is -2.03. The zero-order valence-corrected chi connectivity index (χ0v) is 10.1. The summed E-state index contributed by atoms with van der Waals surface area (Å²) in [7, 11) is 0. The Kier molecular flexibility index (Phi) is 4.14. The van der Waals surface area contributed by atoms with Gasteiger partial charge in [-0.3, -0.25) is 0 Å². The molecule has 0 bridgehead atoms. The van der Waals surface area contributed by atoms with Crippen LogP contribution >= 0.6 is 0 Å². The molecule has 0 aliphatic carbocycles. The molecule has 0 aliphatic heterocycles. The van der Waals surface area contributed by atoms with Gasteiger partial charge < -0.3 is 9.15 Å². The number of nitrogens with zero attached hydrogens (tertiary/aromatic N) is 1. The zero-order chi connectivity index (χ0) is 13.5. The molecule has 94 valence electrons. The van der Waals surface area contributed by atoms with E-state index in [1.165, 1.54) is 12.3 Å². The Bertz CT molecular complexity index is 607. The number of benzene rings is 1. The molecule has 0 N–H and O–H groups in total. The quantitative estimate of drug-likeness (QED) is 0.477. The third kappa shape index (κ3) is 3.58. The van der Waals surface area contributed by atoms with Crippen molar-refractivity contribution < 1.29 is 13.9 Å². The minimum atomic E-state index is -0.664. The fourth-order valence-electron chi connectivity index (χ4n) is 1.45. The molecule has 4 nitrogen and oxygen atoms in total. The second-order valence-corrected chi connectivity index (χ2v) is 3.75. The van der Waals surface area contributed by atoms with Gasteiger partial charge in [0, 0.05) is 6.08 Å². The molecule has 0 fully saturated rings. The van der Waals surface area contributed by atoms with Gasteiger partial charge in [-0.15, -0.1) is 0 Å². The van der Waals surface area contributed by atoms with Gasteiger partial charge in [-0.05, 0) is 17.7 Å². The van der Waals surface area contributed by atoms with Crippen molar-refractivity contribution in [2.45, 2.75) is 6.61 Å². The number of furan rings is 1. The number of carbonyl (C=O) groups excluding carboxylic acids is 1. The Morgan fingerprint density at radius 3 is 2.68 bits per heavy atom. The van der Waals surface area contributed by atoms with E-state index < -0.39 is 5.97 Å². The highest BCUT2D eigenvalue weighted by molar-refractivity contribution is 5.97. The van der Waals surface area contributed by atoms with Crippen LogP contribution in [0.3, 0.4) is 0 Å². The van der Waals surface area contributed by atoms with Crippen molar-refractivity contribution in [1.82, 2.24) is 0 Å². The molecule has 0 aliphatic rings. The highest BCUT2D eigenvalue weighted by Gasteiger charge is 2.11. The van der Waals surface area contributed by atoms with Gasteiger partial charge in [-0.2, -0.15) is 5.26 Å². The maximum atomic E-state index is 11.7. The summed E-state index contributed by atoms with van der Waals surface area (Å²) in [5, 5.41) is 8.93. The molecule has 1 aromatic carbocycles. The number of hydrogen-bond donors (Lipinski definition) is 0. The van der Waals surface area contributed by atoms with Gasteiger partial charge in [0.1, 0.15) is 24.0 Å². The second kappa shape index (κ2) is 6.22. The molecule has 1 aromatic heterocycles. The predicted molar refractivity (Wildman–Crippen MR) is 68.5 cm³/mol. The topological polar surface area (TPSA) is 63.2 Å². The molecule has 2 rings (SSSR count). The van der Waals surface area contributed by atoms with E-state index in [0.29, 0.717) is 5.76 Å². The highest BCUT2D eigenvalue weighted by Crippen LogP contribution is 2.09. The molecule has 0 atom stereocenters. The molecule has 0 saturated heterocycles. The Hall–Kier alpha value is -2.80. The third-order valence-corrected chi connectivity index (χ3v) is 2.38. The summed E-state index contributed by atoms with van der Waals surface area (Å²) in [6.45, 7) is 0.136. The number of carbonyl (C=O) groups is 1. The van der Waals surface area contributed by atoms with Crippen LogP contribution in [0.5, 0.6) is 0 Å². The van der Waals surface area contributed by atoms with E-state index >= 15 is 0 Å². The van der Waals surface area contributed by atoms with Gasteiger partial charge in [-0.25, -0.2) is 4.79 Å². The van der Waals surface area contributed by atoms with Crippen molar-refractivity contribution in [3.63, 3.8) is 0 Å². The summed E-state index contributed by atoms with van der Waals surface area (Å²) in [6.07, 6.45) is 2.82. The number of ether oxygens (including phenoxy) is 1. The first-order valence-corrected chi connectivity index (χ1v) is 5.66. The van der Waals surface area contributed by atoms with Crippen LogP contribution in [0.1, 0.15) is 11.3 Å². The van der Waals surface area contributed by atoms with Crippen LogP contribution in [0.2, 0.25) is 0 Å². The van der Waals surface area contributed by atoms with Crippen molar-refractivity contribution in [3.8, 4) is 6.07 Å². The van der Waals surface area contributed by atoms with Crippen LogP contribution < -0.4 is 0 Å². The van der Waals surface area contributed by atoms with Crippen LogP contribution in [0.4, 0.5) is 0 Å². The lowest BCUT2D eigenvalue weighted by atomic mass is 10.2. The molecule has 0 radical (unpaired) electrons. The molecule has 0 saturated carbocycles. The standard InChI is InChI=1S/C15H11NO3/c16-10-13(9-14-7-4-8-18-14)15(17)19-11-12-5-2-1-3-6-12/h1-9H,11H2/b13-9+. The minimum Gasteiger partial charge on any atom is -0.465 e. The average Bonchev–Trinajstić information content (AvgIpc) is 2.96. The predicted octanol–water partition coefficient (Wildman–Crippen LogP) is 2.93. The van der Waals surface area contributed by atoms with E-state index in [1.807, 2.05) is 30.3 Å². The summed E-state index contributed by atoms with van der Waals surface area (Å²) < 4.78 is 10.1. The summed E-state index contributed by atoms with van der Waals surface area (Å²) in [4.78, 5) is 11.7. The molecule has 19 heavy (non-hydrogen) atoms. The summed E-state index contributed by atoms with van der Waals surface area (Å²) in [6, 6.07) is 14.4. The van der Waals surface area contributed by atoms with E-state index in [0.717, 1.165) is 5.56 Å². The van der Waals surface area contributed by atoms with Crippen molar-refractivity contribution in [2.75, 3.05) is 0 Å². The first-order valence-electron chi connectivity index (χ1n) is 5.66. The Labute approximate surface area is 110 Å². The molecule has 4 heteroatoms. The fraction of sp³-hybridized carbons (Fsp3) is 0.0667. The number of nitriles is 1. The molecule has 0 amide bonds.